The van der Waals surface area contributed by atoms with E-state index in [9.17, 15) is 0 Å². The summed E-state index contributed by atoms with van der Waals surface area (Å²) >= 11 is 0. The summed E-state index contributed by atoms with van der Waals surface area (Å²) in [7, 11) is 0. The average molecular weight is 1310 g/mol. The smallest absolute Gasteiger partial charge is 0 e. The second kappa shape index (κ2) is 188. The molecular formula is Zn20. The van der Waals surface area contributed by atoms with Crippen molar-refractivity contribution in [3.05, 3.63) is 0 Å². The van der Waals surface area contributed by atoms with Gasteiger partial charge in [0.05, 0.1) is 0 Å². The van der Waals surface area contributed by atoms with Crippen LogP contribution in [0.4, 0.5) is 0 Å². The van der Waals surface area contributed by atoms with Crippen molar-refractivity contribution >= 4 is 0 Å². The maximum absolute atomic E-state index is 0. The van der Waals surface area contributed by atoms with Crippen molar-refractivity contribution in [2.45, 2.75) is 0 Å². The molecule has 0 fully saturated rings. The monoisotopic (exact) mass is 1280 g/mol. The molecule has 0 bridgehead atoms. The van der Waals surface area contributed by atoms with Gasteiger partial charge in [-0.1, -0.05) is 0 Å². The third-order valence-electron chi connectivity index (χ3n) is 0. The van der Waals surface area contributed by atoms with E-state index in [1.165, 1.54) is 0 Å². The normalized spacial score (nSPS) is 0. The number of hydrogen-bond donors (Lipinski definition) is 0. The standard InChI is InChI=1S/20Zn. The van der Waals surface area contributed by atoms with Gasteiger partial charge in [-0.2, -0.15) is 0 Å². The molecule has 0 aliphatic heterocycles. The molecule has 0 aliphatic rings. The summed E-state index contributed by atoms with van der Waals surface area (Å²) in [6.45, 7) is 0. The first-order valence-corrected chi connectivity index (χ1v) is 0. The van der Waals surface area contributed by atoms with E-state index in [1.54, 1.807) is 0 Å². The first kappa shape index (κ1) is 207. The molecule has 0 radical (unpaired) electrons. The van der Waals surface area contributed by atoms with Crippen LogP contribution >= 0.6 is 0 Å². The zero-order chi connectivity index (χ0) is 0. The third-order valence-corrected chi connectivity index (χ3v) is 0. The minimum absolute atomic E-state index is 0. The first-order chi connectivity index (χ1) is 0. The quantitative estimate of drug-likeness (QED) is 0.299. The van der Waals surface area contributed by atoms with Gasteiger partial charge in [-0.05, 0) is 0 Å². The summed E-state index contributed by atoms with van der Waals surface area (Å²) < 4.78 is 0. The topological polar surface area (TPSA) is 0 Å². The Morgan fingerprint density at radius 2 is 0.0500 bits per heavy atom. The van der Waals surface area contributed by atoms with Crippen LogP contribution in [0.15, 0.2) is 0 Å². The summed E-state index contributed by atoms with van der Waals surface area (Å²) in [5.74, 6) is 0. The van der Waals surface area contributed by atoms with E-state index < -0.39 is 0 Å². The molecule has 0 spiro atoms. The van der Waals surface area contributed by atoms with E-state index in [1.807, 2.05) is 0 Å². The van der Waals surface area contributed by atoms with Crippen LogP contribution < -0.4 is 0 Å². The molecule has 0 saturated heterocycles. The zero-order valence-electron chi connectivity index (χ0n) is 14.1. The molecule has 0 aromatic heterocycles. The third kappa shape index (κ3) is 170. The van der Waals surface area contributed by atoms with Crippen LogP contribution in [0, 0.1) is 0 Å². The minimum atomic E-state index is 0. The predicted molar refractivity (Wildman–Crippen MR) is 0 cm³/mol. The van der Waals surface area contributed by atoms with Gasteiger partial charge in [-0.25, -0.2) is 0 Å². The molecule has 0 atom stereocenters. The van der Waals surface area contributed by atoms with E-state index in [-0.39, 0.29) is 390 Å². The number of hydrogen-bond acceptors (Lipinski definition) is 0. The summed E-state index contributed by atoms with van der Waals surface area (Å²) in [4.78, 5) is 0. The number of rotatable bonds is 0. The molecule has 0 nitrogen and oxygen atoms in total. The van der Waals surface area contributed by atoms with E-state index in [0.29, 0.717) is 0 Å². The second-order valence-corrected chi connectivity index (χ2v) is 0. The van der Waals surface area contributed by atoms with Crippen molar-refractivity contribution < 1.29 is 390 Å². The van der Waals surface area contributed by atoms with Crippen molar-refractivity contribution in [1.29, 1.82) is 0 Å². The van der Waals surface area contributed by atoms with Crippen LogP contribution in [-0.2, 0) is 390 Å². The molecular weight excluding hydrogens is 1310 g/mol. The van der Waals surface area contributed by atoms with Crippen molar-refractivity contribution in [3.8, 4) is 0 Å². The fourth-order valence-electron chi connectivity index (χ4n) is 0. The Morgan fingerprint density at radius 3 is 0.0500 bits per heavy atom. The largest absolute Gasteiger partial charge is 0 e. The predicted octanol–water partition coefficient (Wildman–Crippen LogP) is -0.0500. The average Bonchev–Trinajstić information content (AvgIpc) is 0. The summed E-state index contributed by atoms with van der Waals surface area (Å²) in [6, 6.07) is 0. The Morgan fingerprint density at radius 1 is 0.0500 bits per heavy atom. The molecule has 20 heteroatoms. The Balaban J connectivity index is 0. The van der Waals surface area contributed by atoms with Gasteiger partial charge in [-0.3, -0.25) is 0 Å². The van der Waals surface area contributed by atoms with Gasteiger partial charge in [-0.15, -0.1) is 0 Å². The van der Waals surface area contributed by atoms with Crippen molar-refractivity contribution in [3.63, 3.8) is 0 Å². The Bertz CT molecular complexity index is 0. The SMILES string of the molecule is [Zn].[Zn].[Zn].[Zn].[Zn].[Zn].[Zn].[Zn].[Zn].[Zn].[Zn].[Zn].[Zn].[Zn].[Zn].[Zn].[Zn].[Zn].[Zn].[Zn]. The molecule has 0 heterocycles. The van der Waals surface area contributed by atoms with Gasteiger partial charge in [0.1, 0.15) is 0 Å². The van der Waals surface area contributed by atoms with Gasteiger partial charge in [0, 0.05) is 390 Å². The van der Waals surface area contributed by atoms with E-state index in [0.717, 1.165) is 0 Å². The van der Waals surface area contributed by atoms with Crippen LogP contribution in [0.25, 0.3) is 0 Å². The molecule has 0 saturated carbocycles. The fourth-order valence-corrected chi connectivity index (χ4v) is 0. The van der Waals surface area contributed by atoms with Gasteiger partial charge >= 0.3 is 0 Å². The molecule has 0 unspecified atom stereocenters. The maximum Gasteiger partial charge on any atom is 0 e. The Labute approximate surface area is 379 Å². The second-order valence-electron chi connectivity index (χ2n) is 0. The Hall–Kier alpha value is 12.5. The summed E-state index contributed by atoms with van der Waals surface area (Å²) in [6.07, 6.45) is 0. The molecule has 40 valence electrons. The van der Waals surface area contributed by atoms with E-state index in [4.69, 9.17) is 0 Å². The molecule has 0 N–H and O–H groups in total. The summed E-state index contributed by atoms with van der Waals surface area (Å²) in [5.41, 5.74) is 0. The van der Waals surface area contributed by atoms with Crippen LogP contribution in [0.1, 0.15) is 0 Å². The molecule has 0 aliphatic carbocycles. The molecule has 0 aromatic carbocycles. The van der Waals surface area contributed by atoms with Crippen LogP contribution in [0.3, 0.4) is 0 Å². The van der Waals surface area contributed by atoms with Gasteiger partial charge in [0.15, 0.2) is 0 Å². The van der Waals surface area contributed by atoms with Crippen molar-refractivity contribution in [1.82, 2.24) is 0 Å². The maximum atomic E-state index is 0. The fraction of sp³-hybridized carbons (Fsp3) is 0. The zero-order valence-corrected chi connectivity index (χ0v) is 73.5. The molecule has 0 rings (SSSR count). The molecule has 20 heavy (non-hydrogen) atoms. The van der Waals surface area contributed by atoms with Crippen LogP contribution in [0.2, 0.25) is 0 Å². The van der Waals surface area contributed by atoms with Crippen LogP contribution in [-0.4, -0.2) is 0 Å². The van der Waals surface area contributed by atoms with Crippen molar-refractivity contribution in [2.75, 3.05) is 0 Å². The van der Waals surface area contributed by atoms with E-state index >= 15 is 0 Å². The van der Waals surface area contributed by atoms with Gasteiger partial charge in [0.25, 0.3) is 0 Å². The van der Waals surface area contributed by atoms with Gasteiger partial charge < -0.3 is 0 Å². The molecule has 0 aromatic rings. The summed E-state index contributed by atoms with van der Waals surface area (Å²) in [5, 5.41) is 0. The van der Waals surface area contributed by atoms with Crippen molar-refractivity contribution in [2.24, 2.45) is 0 Å². The van der Waals surface area contributed by atoms with Crippen LogP contribution in [0.5, 0.6) is 0 Å². The first-order valence-electron chi connectivity index (χ1n) is 0. The Kier molecular flexibility index (Phi) is 1940. The minimum Gasteiger partial charge on any atom is 0 e. The molecule has 0 amide bonds. The van der Waals surface area contributed by atoms with Gasteiger partial charge in [0.2, 0.25) is 0 Å². The van der Waals surface area contributed by atoms with E-state index in [2.05, 4.69) is 0 Å².